The number of hydrogen-bond donors (Lipinski definition) is 2. The highest BCUT2D eigenvalue weighted by Gasteiger charge is 2.23. The molecule has 0 aliphatic heterocycles. The maximum absolute atomic E-state index is 12.1. The van der Waals surface area contributed by atoms with E-state index >= 15 is 0 Å². The number of aromatic nitrogens is 2. The largest absolute Gasteiger partial charge is 0.616 e. The molecule has 0 radical (unpaired) electrons. The number of methoxy groups -OCH3 is 1. The fourth-order valence-corrected chi connectivity index (χ4v) is 6.09. The second-order valence-electron chi connectivity index (χ2n) is 7.32. The second-order valence-corrected chi connectivity index (χ2v) is 10.3. The Bertz CT molecular complexity index is 1120. The highest BCUT2D eigenvalue weighted by Crippen LogP contribution is 2.39. The fraction of sp³-hybridized carbons (Fsp3) is 0.381. The lowest BCUT2D eigenvalue weighted by Gasteiger charge is -2.14. The maximum Gasteiger partial charge on any atom is 0.353 e. The van der Waals surface area contributed by atoms with Crippen LogP contribution in [0, 0.1) is 0 Å². The number of nitrogens with one attached hydrogen (secondary N) is 1. The van der Waals surface area contributed by atoms with Gasteiger partial charge in [0.1, 0.15) is 16.4 Å². The number of rotatable bonds is 8. The molecule has 1 aromatic carbocycles. The molecular formula is C21H22ClN3O4S2. The van der Waals surface area contributed by atoms with Crippen LogP contribution in [0.5, 0.6) is 5.75 Å². The molecule has 0 fully saturated rings. The zero-order valence-corrected chi connectivity index (χ0v) is 19.3. The van der Waals surface area contributed by atoms with Gasteiger partial charge in [-0.15, -0.1) is 11.3 Å². The van der Waals surface area contributed by atoms with Crippen LogP contribution in [0.25, 0.3) is 10.2 Å². The first-order chi connectivity index (χ1) is 14.9. The first kappa shape index (κ1) is 22.1. The molecule has 2 aromatic heterocycles. The van der Waals surface area contributed by atoms with E-state index in [0.717, 1.165) is 41.5 Å². The molecule has 4 rings (SSSR count). The number of carbonyl (C=O) groups is 1. The summed E-state index contributed by atoms with van der Waals surface area (Å²) in [6.07, 6.45) is 4.32. The van der Waals surface area contributed by atoms with Gasteiger partial charge in [-0.3, -0.25) is 0 Å². The van der Waals surface area contributed by atoms with Crippen molar-refractivity contribution in [2.24, 2.45) is 0 Å². The Morgan fingerprint density at radius 2 is 2.16 bits per heavy atom. The van der Waals surface area contributed by atoms with Gasteiger partial charge in [0.15, 0.2) is 11.6 Å². The van der Waals surface area contributed by atoms with Gasteiger partial charge in [-0.05, 0) is 60.1 Å². The number of carboxylic acids is 1. The summed E-state index contributed by atoms with van der Waals surface area (Å²) in [6, 6.07) is 5.60. The second kappa shape index (κ2) is 9.60. The number of thiophene rings is 1. The van der Waals surface area contributed by atoms with Gasteiger partial charge < -0.3 is 19.7 Å². The van der Waals surface area contributed by atoms with Crippen molar-refractivity contribution in [1.29, 1.82) is 0 Å². The molecule has 2 heterocycles. The summed E-state index contributed by atoms with van der Waals surface area (Å²) in [6.45, 7) is 0.498. The minimum atomic E-state index is -1.57. The van der Waals surface area contributed by atoms with Crippen molar-refractivity contribution in [3.05, 3.63) is 45.1 Å². The van der Waals surface area contributed by atoms with Crippen LogP contribution in [0.15, 0.2) is 18.2 Å². The Balaban J connectivity index is 1.66. The quantitative estimate of drug-likeness (QED) is 0.466. The van der Waals surface area contributed by atoms with Gasteiger partial charge in [0, 0.05) is 11.4 Å². The van der Waals surface area contributed by atoms with Gasteiger partial charge in [-0.25, -0.2) is 14.8 Å². The van der Waals surface area contributed by atoms with Crippen molar-refractivity contribution in [3.8, 4) is 5.75 Å². The van der Waals surface area contributed by atoms with Crippen LogP contribution < -0.4 is 10.1 Å². The minimum Gasteiger partial charge on any atom is -0.616 e. The highest BCUT2D eigenvalue weighted by atomic mass is 35.5. The van der Waals surface area contributed by atoms with Gasteiger partial charge in [0.25, 0.3) is 0 Å². The zero-order chi connectivity index (χ0) is 22.0. The molecule has 1 unspecified atom stereocenters. The molecule has 2 N–H and O–H groups in total. The van der Waals surface area contributed by atoms with E-state index in [1.807, 2.05) is 18.2 Å². The highest BCUT2D eigenvalue weighted by molar-refractivity contribution is 7.91. The number of benzene rings is 1. The number of nitrogens with zero attached hydrogens (tertiary/aromatic N) is 2. The molecule has 164 valence electrons. The molecular weight excluding hydrogens is 458 g/mol. The molecule has 31 heavy (non-hydrogen) atoms. The van der Waals surface area contributed by atoms with Gasteiger partial charge in [0.05, 0.1) is 17.5 Å². The van der Waals surface area contributed by atoms with Crippen molar-refractivity contribution >= 4 is 56.1 Å². The third kappa shape index (κ3) is 5.06. The Morgan fingerprint density at radius 1 is 1.35 bits per heavy atom. The summed E-state index contributed by atoms with van der Waals surface area (Å²) in [7, 11) is 1.58. The molecule has 1 atom stereocenters. The molecule has 0 spiro atoms. The van der Waals surface area contributed by atoms with Crippen molar-refractivity contribution in [3.63, 3.8) is 0 Å². The molecule has 3 aromatic rings. The Morgan fingerprint density at radius 3 is 2.90 bits per heavy atom. The number of aliphatic carboxylic acids is 1. The summed E-state index contributed by atoms with van der Waals surface area (Å²) >= 11 is 6.34. The molecule has 1 aliphatic carbocycles. The van der Waals surface area contributed by atoms with Crippen molar-refractivity contribution in [1.82, 2.24) is 9.97 Å². The number of aryl methyl sites for hydroxylation is 2. The van der Waals surface area contributed by atoms with Crippen molar-refractivity contribution < 1.29 is 19.2 Å². The van der Waals surface area contributed by atoms with E-state index in [4.69, 9.17) is 21.4 Å². The first-order valence-corrected chi connectivity index (χ1v) is 12.6. The number of ether oxygens (including phenoxy) is 1. The monoisotopic (exact) mass is 479 g/mol. The van der Waals surface area contributed by atoms with Crippen molar-refractivity contribution in [2.45, 2.75) is 38.0 Å². The van der Waals surface area contributed by atoms with Crippen LogP contribution in [0.1, 0.15) is 34.7 Å². The number of hydrogen-bond acceptors (Lipinski definition) is 7. The summed E-state index contributed by atoms with van der Waals surface area (Å²) in [5, 5.41) is 13.9. The van der Waals surface area contributed by atoms with E-state index in [1.165, 1.54) is 10.4 Å². The Labute approximate surface area is 192 Å². The van der Waals surface area contributed by atoms with Crippen LogP contribution in [-0.4, -0.2) is 38.5 Å². The lowest BCUT2D eigenvalue weighted by molar-refractivity contribution is -0.134. The summed E-state index contributed by atoms with van der Waals surface area (Å²) in [5.74, 6) is 0.189. The average Bonchev–Trinajstić information content (AvgIpc) is 3.10. The Hall–Kier alpha value is -2.07. The predicted octanol–water partition coefficient (Wildman–Crippen LogP) is 4.18. The predicted molar refractivity (Wildman–Crippen MR) is 124 cm³/mol. The SMILES string of the molecule is COc1ccc(CNc2nc(C[S+]([O-])CC(=O)O)nc3sc4c(c23)CCCC4)cc1Cl. The standard InChI is InChI=1S/C21H22ClN3O4S2/c1-29-15-7-6-12(8-14(15)22)9-23-20-19-13-4-2-3-5-16(13)30-21(19)25-17(24-20)10-31(28)11-18(26)27/h6-8H,2-5,9-11H2,1H3,(H,26,27)(H,23,24,25). The summed E-state index contributed by atoms with van der Waals surface area (Å²) in [4.78, 5) is 22.3. The number of carboxylic acid groups (broad SMARTS) is 1. The van der Waals surface area contributed by atoms with Gasteiger partial charge in [-0.2, -0.15) is 0 Å². The van der Waals surface area contributed by atoms with Crippen molar-refractivity contribution in [2.75, 3.05) is 18.2 Å². The molecule has 1 aliphatic rings. The Kier molecular flexibility index (Phi) is 6.86. The molecule has 0 amide bonds. The summed E-state index contributed by atoms with van der Waals surface area (Å²) in [5.41, 5.74) is 2.26. The van der Waals surface area contributed by atoms with E-state index in [2.05, 4.69) is 15.3 Å². The fourth-order valence-electron chi connectivity index (χ4n) is 3.73. The maximum atomic E-state index is 12.1. The third-order valence-electron chi connectivity index (χ3n) is 5.11. The van der Waals surface area contributed by atoms with E-state index in [0.29, 0.717) is 29.0 Å². The van der Waals surface area contributed by atoms with E-state index in [-0.39, 0.29) is 5.75 Å². The van der Waals surface area contributed by atoms with Crippen LogP contribution in [0.3, 0.4) is 0 Å². The average molecular weight is 480 g/mol. The lowest BCUT2D eigenvalue weighted by atomic mass is 9.97. The van der Waals surface area contributed by atoms with Gasteiger partial charge in [-0.1, -0.05) is 17.7 Å². The molecule has 0 saturated carbocycles. The minimum absolute atomic E-state index is 0.00779. The molecule has 7 nitrogen and oxygen atoms in total. The molecule has 0 saturated heterocycles. The normalized spacial score (nSPS) is 14.3. The zero-order valence-electron chi connectivity index (χ0n) is 16.9. The number of anilines is 1. The van der Waals surface area contributed by atoms with E-state index in [1.54, 1.807) is 18.4 Å². The van der Waals surface area contributed by atoms with Gasteiger partial charge in [0.2, 0.25) is 5.75 Å². The van der Waals surface area contributed by atoms with E-state index in [9.17, 15) is 9.35 Å². The van der Waals surface area contributed by atoms with Crippen LogP contribution in [0.4, 0.5) is 5.82 Å². The smallest absolute Gasteiger partial charge is 0.353 e. The third-order valence-corrected chi connectivity index (χ3v) is 7.74. The first-order valence-electron chi connectivity index (χ1n) is 9.89. The molecule has 10 heteroatoms. The van der Waals surface area contributed by atoms with E-state index < -0.39 is 22.9 Å². The van der Waals surface area contributed by atoms with Gasteiger partial charge >= 0.3 is 5.97 Å². The van der Waals surface area contributed by atoms with Crippen LogP contribution in [0.2, 0.25) is 5.02 Å². The number of fused-ring (bicyclic) bond motifs is 3. The van der Waals surface area contributed by atoms with Crippen LogP contribution in [-0.2, 0) is 41.1 Å². The molecule has 0 bridgehead atoms. The van der Waals surface area contributed by atoms with Crippen LogP contribution >= 0.6 is 22.9 Å². The lowest BCUT2D eigenvalue weighted by Crippen LogP contribution is -2.18. The summed E-state index contributed by atoms with van der Waals surface area (Å²) < 4.78 is 17.4. The number of halogens is 1. The topological polar surface area (TPSA) is 107 Å².